The summed E-state index contributed by atoms with van der Waals surface area (Å²) in [6.45, 7) is 3.23. The van der Waals surface area contributed by atoms with Gasteiger partial charge in [0.05, 0.1) is 20.2 Å². The Morgan fingerprint density at radius 2 is 1.93 bits per heavy atom. The summed E-state index contributed by atoms with van der Waals surface area (Å²) in [5.41, 5.74) is 2.89. The minimum absolute atomic E-state index is 0.0373. The van der Waals surface area contributed by atoms with Crippen LogP contribution in [0.2, 0.25) is 0 Å². The Bertz CT molecular complexity index is 912. The van der Waals surface area contributed by atoms with Crippen LogP contribution in [-0.2, 0) is 6.54 Å². The third kappa shape index (κ3) is 3.98. The molecule has 2 aromatic carbocycles. The van der Waals surface area contributed by atoms with E-state index >= 15 is 0 Å². The van der Waals surface area contributed by atoms with E-state index in [4.69, 9.17) is 4.74 Å². The van der Waals surface area contributed by atoms with Crippen molar-refractivity contribution >= 4 is 16.8 Å². The van der Waals surface area contributed by atoms with Crippen molar-refractivity contribution in [3.63, 3.8) is 0 Å². The van der Waals surface area contributed by atoms with Gasteiger partial charge in [0, 0.05) is 35.3 Å². The summed E-state index contributed by atoms with van der Waals surface area (Å²) < 4.78 is 5.38. The molecule has 2 heterocycles. The normalized spacial score (nSPS) is 19.7. The van der Waals surface area contributed by atoms with Gasteiger partial charge in [-0.1, -0.05) is 36.4 Å². The highest BCUT2D eigenvalue weighted by atomic mass is 16.5. The number of nitrogens with one attached hydrogen (secondary N) is 3. The smallest absolute Gasteiger partial charge is 0.267 e. The van der Waals surface area contributed by atoms with Gasteiger partial charge in [0.25, 0.3) is 5.91 Å². The van der Waals surface area contributed by atoms with Crippen LogP contribution >= 0.6 is 0 Å². The Morgan fingerprint density at radius 3 is 2.67 bits per heavy atom. The van der Waals surface area contributed by atoms with E-state index < -0.39 is 0 Å². The number of aromatic nitrogens is 1. The first-order valence-corrected chi connectivity index (χ1v) is 9.57. The fourth-order valence-corrected chi connectivity index (χ4v) is 3.92. The molecule has 1 aliphatic rings. The van der Waals surface area contributed by atoms with Crippen molar-refractivity contribution in [3.05, 3.63) is 65.9 Å². The topological polar surface area (TPSA) is 58.6 Å². The molecule has 0 radical (unpaired) electrons. The van der Waals surface area contributed by atoms with Gasteiger partial charge in [-0.15, -0.1) is 0 Å². The lowest BCUT2D eigenvalue weighted by atomic mass is 10.0. The number of H-pyrrole nitrogens is 1. The molecule has 1 aliphatic heterocycles. The summed E-state index contributed by atoms with van der Waals surface area (Å²) in [5.74, 6) is 0.741. The molecule has 0 atom stereocenters. The van der Waals surface area contributed by atoms with E-state index in [1.807, 2.05) is 24.3 Å². The van der Waals surface area contributed by atoms with E-state index in [1.165, 1.54) is 5.56 Å². The maximum atomic E-state index is 12.7. The Labute approximate surface area is 159 Å². The third-order valence-corrected chi connectivity index (χ3v) is 5.41. The Kier molecular flexibility index (Phi) is 5.12. The number of quaternary nitrogens is 1. The highest BCUT2D eigenvalue weighted by molar-refractivity contribution is 5.99. The van der Waals surface area contributed by atoms with E-state index in [0.29, 0.717) is 5.69 Å². The molecule has 0 unspecified atom stereocenters. The second-order valence-electron chi connectivity index (χ2n) is 7.26. The number of amides is 1. The molecule has 3 aromatic rings. The number of carbonyl (C=O) groups is 1. The van der Waals surface area contributed by atoms with Crippen LogP contribution in [-0.4, -0.2) is 37.1 Å². The van der Waals surface area contributed by atoms with Crippen molar-refractivity contribution in [1.29, 1.82) is 0 Å². The molecule has 1 amide bonds. The van der Waals surface area contributed by atoms with Crippen molar-refractivity contribution in [2.45, 2.75) is 25.4 Å². The van der Waals surface area contributed by atoms with Crippen molar-refractivity contribution < 1.29 is 14.4 Å². The van der Waals surface area contributed by atoms with Gasteiger partial charge in [0.1, 0.15) is 18.0 Å². The number of piperidine rings is 1. The number of likely N-dealkylation sites (tertiary alicyclic amines) is 1. The molecule has 3 N–H and O–H groups in total. The highest BCUT2D eigenvalue weighted by Crippen LogP contribution is 2.26. The van der Waals surface area contributed by atoms with Gasteiger partial charge in [-0.3, -0.25) is 4.79 Å². The summed E-state index contributed by atoms with van der Waals surface area (Å²) in [5, 5.41) is 4.13. The zero-order valence-electron chi connectivity index (χ0n) is 15.6. The zero-order chi connectivity index (χ0) is 18.6. The van der Waals surface area contributed by atoms with Gasteiger partial charge in [-0.2, -0.15) is 0 Å². The van der Waals surface area contributed by atoms with Gasteiger partial charge in [-0.25, -0.2) is 0 Å². The standard InChI is InChI=1S/C22H25N3O2/c1-27-21-9-5-8-19-18(21)14-20(24-19)22(26)23-17-10-12-25(13-11-17)15-16-6-3-2-4-7-16/h2-9,14,17,24H,10-13,15H2,1H3,(H,23,26)/p+1. The maximum absolute atomic E-state index is 12.7. The molecule has 5 heteroatoms. The van der Waals surface area contributed by atoms with Gasteiger partial charge in [-0.05, 0) is 18.2 Å². The molecule has 0 bridgehead atoms. The number of methoxy groups -OCH3 is 1. The van der Waals surface area contributed by atoms with Crippen LogP contribution in [0.3, 0.4) is 0 Å². The predicted octanol–water partition coefficient (Wildman–Crippen LogP) is 2.15. The fraction of sp³-hybridized carbons (Fsp3) is 0.318. The van der Waals surface area contributed by atoms with Crippen LogP contribution in [0.15, 0.2) is 54.6 Å². The Morgan fingerprint density at radius 1 is 1.15 bits per heavy atom. The number of benzene rings is 2. The van der Waals surface area contributed by atoms with E-state index in [-0.39, 0.29) is 11.9 Å². The van der Waals surface area contributed by atoms with Gasteiger partial charge < -0.3 is 19.9 Å². The number of hydrogen-bond acceptors (Lipinski definition) is 2. The largest absolute Gasteiger partial charge is 0.496 e. The summed E-state index contributed by atoms with van der Waals surface area (Å²) in [6.07, 6.45) is 2.02. The Hall–Kier alpha value is -2.79. The molecular weight excluding hydrogens is 338 g/mol. The second-order valence-corrected chi connectivity index (χ2v) is 7.26. The average molecular weight is 364 g/mol. The first-order valence-electron chi connectivity index (χ1n) is 9.57. The molecular formula is C22H26N3O2+. The molecule has 0 saturated carbocycles. The van der Waals surface area contributed by atoms with Crippen molar-refractivity contribution in [2.24, 2.45) is 0 Å². The lowest BCUT2D eigenvalue weighted by molar-refractivity contribution is -0.918. The van der Waals surface area contributed by atoms with Gasteiger partial charge in [0.2, 0.25) is 0 Å². The molecule has 5 nitrogen and oxygen atoms in total. The van der Waals surface area contributed by atoms with Gasteiger partial charge >= 0.3 is 0 Å². The SMILES string of the molecule is COc1cccc2[nH]c(C(=O)NC3CC[NH+](Cc4ccccc4)CC3)cc12. The van der Waals surface area contributed by atoms with E-state index in [9.17, 15) is 4.79 Å². The van der Waals surface area contributed by atoms with Crippen LogP contribution < -0.4 is 15.0 Å². The maximum Gasteiger partial charge on any atom is 0.267 e. The van der Waals surface area contributed by atoms with Crippen LogP contribution in [0.5, 0.6) is 5.75 Å². The van der Waals surface area contributed by atoms with Gasteiger partial charge in [0.15, 0.2) is 0 Å². The van der Waals surface area contributed by atoms with Crippen LogP contribution in [0.1, 0.15) is 28.9 Å². The van der Waals surface area contributed by atoms with Crippen molar-refractivity contribution in [1.82, 2.24) is 10.3 Å². The first-order chi connectivity index (χ1) is 13.2. The summed E-state index contributed by atoms with van der Waals surface area (Å²) >= 11 is 0. The summed E-state index contributed by atoms with van der Waals surface area (Å²) in [4.78, 5) is 17.5. The molecule has 4 rings (SSSR count). The molecule has 0 spiro atoms. The average Bonchev–Trinajstić information content (AvgIpc) is 3.15. The fourth-order valence-electron chi connectivity index (χ4n) is 3.92. The number of ether oxygens (including phenoxy) is 1. The zero-order valence-corrected chi connectivity index (χ0v) is 15.6. The van der Waals surface area contributed by atoms with Crippen LogP contribution in [0.4, 0.5) is 0 Å². The third-order valence-electron chi connectivity index (χ3n) is 5.41. The predicted molar refractivity (Wildman–Crippen MR) is 106 cm³/mol. The number of aromatic amines is 1. The van der Waals surface area contributed by atoms with E-state index in [2.05, 4.69) is 40.6 Å². The highest BCUT2D eigenvalue weighted by Gasteiger charge is 2.24. The number of rotatable bonds is 5. The molecule has 140 valence electrons. The first kappa shape index (κ1) is 17.6. The van der Waals surface area contributed by atoms with E-state index in [0.717, 1.165) is 49.1 Å². The summed E-state index contributed by atoms with van der Waals surface area (Å²) in [7, 11) is 1.65. The molecule has 27 heavy (non-hydrogen) atoms. The lowest BCUT2D eigenvalue weighted by Crippen LogP contribution is -3.12. The van der Waals surface area contributed by atoms with Crippen molar-refractivity contribution in [3.8, 4) is 5.75 Å². The molecule has 1 aromatic heterocycles. The van der Waals surface area contributed by atoms with E-state index in [1.54, 1.807) is 12.0 Å². The number of fused-ring (bicyclic) bond motifs is 1. The second kappa shape index (κ2) is 7.84. The van der Waals surface area contributed by atoms with Crippen LogP contribution in [0.25, 0.3) is 10.9 Å². The van der Waals surface area contributed by atoms with Crippen molar-refractivity contribution in [2.75, 3.05) is 20.2 Å². The lowest BCUT2D eigenvalue weighted by Gasteiger charge is -2.29. The monoisotopic (exact) mass is 364 g/mol. The molecule has 1 fully saturated rings. The quantitative estimate of drug-likeness (QED) is 0.650. The minimum atomic E-state index is -0.0373. The summed E-state index contributed by atoms with van der Waals surface area (Å²) in [6, 6.07) is 18.5. The van der Waals surface area contributed by atoms with Crippen LogP contribution in [0, 0.1) is 0 Å². The minimum Gasteiger partial charge on any atom is -0.496 e. The molecule has 0 aliphatic carbocycles. The molecule has 1 saturated heterocycles. The Balaban J connectivity index is 1.34. The number of hydrogen-bond donors (Lipinski definition) is 3. The number of carbonyl (C=O) groups excluding carboxylic acids is 1.